The van der Waals surface area contributed by atoms with E-state index in [1.165, 1.54) is 54.2 Å². The van der Waals surface area contributed by atoms with Crippen molar-refractivity contribution in [3.63, 3.8) is 0 Å². The van der Waals surface area contributed by atoms with Gasteiger partial charge in [-0.3, -0.25) is 9.97 Å². The molecule has 0 N–H and O–H groups in total. The SMILES string of the molecule is c1ccc(-c2ccc(-c3c4ccccc4c(-c4ccc(-c5ccccc5)nc4)c4c5ccccc5c5ccccc5c34)cn2)cc1. The Morgan fingerprint density at radius 2 is 0.609 bits per heavy atom. The second kappa shape index (κ2) is 10.8. The summed E-state index contributed by atoms with van der Waals surface area (Å²) >= 11 is 0. The largest absolute Gasteiger partial charge is 0.256 e. The predicted octanol–water partition coefficient (Wildman–Crippen LogP) is 11.8. The van der Waals surface area contributed by atoms with Crippen LogP contribution in [0.1, 0.15) is 0 Å². The van der Waals surface area contributed by atoms with Crippen molar-refractivity contribution in [1.82, 2.24) is 9.97 Å². The zero-order valence-corrected chi connectivity index (χ0v) is 25.1. The number of nitrogens with zero attached hydrogens (tertiary/aromatic N) is 2. The molecule has 0 amide bonds. The maximum atomic E-state index is 4.99. The van der Waals surface area contributed by atoms with Crippen molar-refractivity contribution in [3.05, 3.63) is 170 Å². The van der Waals surface area contributed by atoms with Crippen LogP contribution in [-0.2, 0) is 0 Å². The van der Waals surface area contributed by atoms with Crippen LogP contribution in [-0.4, -0.2) is 9.97 Å². The first-order valence-electron chi connectivity index (χ1n) is 15.7. The first-order valence-corrected chi connectivity index (χ1v) is 15.7. The van der Waals surface area contributed by atoms with E-state index in [4.69, 9.17) is 9.97 Å². The number of hydrogen-bond acceptors (Lipinski definition) is 2. The molecule has 0 radical (unpaired) electrons. The number of hydrogen-bond donors (Lipinski definition) is 0. The van der Waals surface area contributed by atoms with Crippen molar-refractivity contribution in [2.24, 2.45) is 0 Å². The minimum absolute atomic E-state index is 0.967. The first kappa shape index (κ1) is 26.3. The van der Waals surface area contributed by atoms with Crippen molar-refractivity contribution < 1.29 is 0 Å². The number of aromatic nitrogens is 2. The van der Waals surface area contributed by atoms with Crippen molar-refractivity contribution >= 4 is 43.1 Å². The Morgan fingerprint density at radius 3 is 0.978 bits per heavy atom. The summed E-state index contributed by atoms with van der Waals surface area (Å²) in [6.45, 7) is 0. The van der Waals surface area contributed by atoms with Gasteiger partial charge in [0.15, 0.2) is 0 Å². The monoisotopic (exact) mass is 584 g/mol. The summed E-state index contributed by atoms with van der Waals surface area (Å²) in [6, 6.07) is 56.0. The Labute approximate surface area is 267 Å². The number of fused-ring (bicyclic) bond motifs is 7. The van der Waals surface area contributed by atoms with E-state index in [1.807, 2.05) is 24.5 Å². The summed E-state index contributed by atoms with van der Waals surface area (Å²) in [6.07, 6.45) is 4.09. The third kappa shape index (κ3) is 4.19. The van der Waals surface area contributed by atoms with Gasteiger partial charge >= 0.3 is 0 Å². The van der Waals surface area contributed by atoms with Gasteiger partial charge in [0.05, 0.1) is 11.4 Å². The summed E-state index contributed by atoms with van der Waals surface area (Å²) in [4.78, 5) is 9.98. The Hall–Kier alpha value is -6.12. The van der Waals surface area contributed by atoms with Gasteiger partial charge in [0, 0.05) is 34.6 Å². The lowest BCUT2D eigenvalue weighted by molar-refractivity contribution is 1.33. The number of pyridine rings is 2. The van der Waals surface area contributed by atoms with Crippen LogP contribution in [0.4, 0.5) is 0 Å². The molecule has 2 heteroatoms. The molecule has 2 nitrogen and oxygen atoms in total. The summed E-state index contributed by atoms with van der Waals surface area (Å²) in [5, 5.41) is 9.85. The van der Waals surface area contributed by atoms with E-state index in [9.17, 15) is 0 Å². The number of benzene rings is 7. The van der Waals surface area contributed by atoms with Gasteiger partial charge in [-0.25, -0.2) is 0 Å². The molecule has 0 atom stereocenters. The Morgan fingerprint density at radius 1 is 0.261 bits per heavy atom. The molecule has 46 heavy (non-hydrogen) atoms. The third-order valence-electron chi connectivity index (χ3n) is 9.14. The maximum Gasteiger partial charge on any atom is 0.0702 e. The Balaban J connectivity index is 1.41. The van der Waals surface area contributed by atoms with Crippen LogP contribution in [0, 0.1) is 0 Å². The van der Waals surface area contributed by atoms with E-state index in [-0.39, 0.29) is 0 Å². The summed E-state index contributed by atoms with van der Waals surface area (Å²) in [7, 11) is 0. The maximum absolute atomic E-state index is 4.99. The molecule has 0 spiro atoms. The van der Waals surface area contributed by atoms with Crippen LogP contribution < -0.4 is 0 Å². The zero-order valence-electron chi connectivity index (χ0n) is 25.1. The fourth-order valence-electron chi connectivity index (χ4n) is 7.09. The normalized spacial score (nSPS) is 11.5. The van der Waals surface area contributed by atoms with Crippen LogP contribution >= 0.6 is 0 Å². The topological polar surface area (TPSA) is 25.8 Å². The van der Waals surface area contributed by atoms with E-state index >= 15 is 0 Å². The van der Waals surface area contributed by atoms with Crippen LogP contribution in [0.25, 0.3) is 87.9 Å². The van der Waals surface area contributed by atoms with Gasteiger partial charge in [-0.05, 0) is 66.3 Å². The lowest BCUT2D eigenvalue weighted by Crippen LogP contribution is -1.95. The molecule has 0 aliphatic heterocycles. The molecule has 0 saturated heterocycles. The Bertz CT molecular complexity index is 2350. The fraction of sp³-hybridized carbons (Fsp3) is 0. The van der Waals surface area contributed by atoms with E-state index < -0.39 is 0 Å². The zero-order chi connectivity index (χ0) is 30.5. The highest BCUT2D eigenvalue weighted by Crippen LogP contribution is 2.49. The molecular formula is C44H28N2. The van der Waals surface area contributed by atoms with Crippen LogP contribution in [0.2, 0.25) is 0 Å². The van der Waals surface area contributed by atoms with E-state index in [2.05, 4.69) is 146 Å². The predicted molar refractivity (Wildman–Crippen MR) is 194 cm³/mol. The highest BCUT2D eigenvalue weighted by atomic mass is 14.7. The summed E-state index contributed by atoms with van der Waals surface area (Å²) < 4.78 is 0. The fourth-order valence-corrected chi connectivity index (χ4v) is 7.09. The lowest BCUT2D eigenvalue weighted by Gasteiger charge is -2.21. The van der Waals surface area contributed by atoms with Crippen molar-refractivity contribution in [1.29, 1.82) is 0 Å². The van der Waals surface area contributed by atoms with Gasteiger partial charge in [-0.2, -0.15) is 0 Å². The van der Waals surface area contributed by atoms with Crippen LogP contribution in [0.15, 0.2) is 170 Å². The molecule has 9 aromatic rings. The molecule has 0 aliphatic carbocycles. The molecule has 0 unspecified atom stereocenters. The highest BCUT2D eigenvalue weighted by molar-refractivity contribution is 6.36. The minimum atomic E-state index is 0.967. The molecule has 7 aromatic carbocycles. The molecule has 0 fully saturated rings. The van der Waals surface area contributed by atoms with Gasteiger partial charge in [0.2, 0.25) is 0 Å². The van der Waals surface area contributed by atoms with Gasteiger partial charge in [-0.1, -0.05) is 146 Å². The number of rotatable bonds is 4. The van der Waals surface area contributed by atoms with Crippen LogP contribution in [0.5, 0.6) is 0 Å². The van der Waals surface area contributed by atoms with Crippen LogP contribution in [0.3, 0.4) is 0 Å². The molecule has 0 aliphatic rings. The molecule has 0 saturated carbocycles. The molecule has 214 valence electrons. The highest BCUT2D eigenvalue weighted by Gasteiger charge is 2.22. The standard InChI is InChI=1S/C44H28N2/c1-3-13-29(14-4-1)39-25-23-31(27-45-39)41-37-21-11-12-22-38(37)42(32-24-26-40(46-28-32)30-15-5-2-6-16-30)44-36-20-10-8-18-34(36)33-17-7-9-19-35(33)43(41)44/h1-28H. The van der Waals surface area contributed by atoms with E-state index in [0.717, 1.165) is 33.6 Å². The van der Waals surface area contributed by atoms with Gasteiger partial charge in [0.25, 0.3) is 0 Å². The average Bonchev–Trinajstić information content (AvgIpc) is 3.15. The molecule has 2 aromatic heterocycles. The summed E-state index contributed by atoms with van der Waals surface area (Å²) in [5.74, 6) is 0. The second-order valence-electron chi connectivity index (χ2n) is 11.7. The summed E-state index contributed by atoms with van der Waals surface area (Å²) in [5.41, 5.74) is 8.78. The molecule has 0 bridgehead atoms. The van der Waals surface area contributed by atoms with E-state index in [1.54, 1.807) is 0 Å². The first-order chi connectivity index (χ1) is 22.8. The van der Waals surface area contributed by atoms with Crippen molar-refractivity contribution in [2.75, 3.05) is 0 Å². The van der Waals surface area contributed by atoms with Gasteiger partial charge < -0.3 is 0 Å². The minimum Gasteiger partial charge on any atom is -0.256 e. The molecule has 9 rings (SSSR count). The van der Waals surface area contributed by atoms with E-state index in [0.29, 0.717) is 0 Å². The quantitative estimate of drug-likeness (QED) is 0.152. The van der Waals surface area contributed by atoms with Gasteiger partial charge in [0.1, 0.15) is 0 Å². The van der Waals surface area contributed by atoms with Gasteiger partial charge in [-0.15, -0.1) is 0 Å². The molecular weight excluding hydrogens is 556 g/mol. The second-order valence-corrected chi connectivity index (χ2v) is 11.7. The average molecular weight is 585 g/mol. The van der Waals surface area contributed by atoms with Crippen molar-refractivity contribution in [2.45, 2.75) is 0 Å². The third-order valence-corrected chi connectivity index (χ3v) is 9.14. The Kier molecular flexibility index (Phi) is 6.17. The van der Waals surface area contributed by atoms with Crippen molar-refractivity contribution in [3.8, 4) is 44.8 Å². The molecule has 2 heterocycles. The lowest BCUT2D eigenvalue weighted by atomic mass is 9.82. The smallest absolute Gasteiger partial charge is 0.0702 e.